The van der Waals surface area contributed by atoms with Gasteiger partial charge in [0.15, 0.2) is 5.15 Å². The Morgan fingerprint density at radius 1 is 1.55 bits per heavy atom. The van der Waals surface area contributed by atoms with Gasteiger partial charge in [0, 0.05) is 6.07 Å². The molecule has 0 fully saturated rings. The quantitative estimate of drug-likeness (QED) is 0.648. The average molecular weight is 171 g/mol. The summed E-state index contributed by atoms with van der Waals surface area (Å²) in [5.74, 6) is 0.453. The maximum atomic E-state index is 5.50. The molecule has 0 spiro atoms. The van der Waals surface area contributed by atoms with E-state index in [1.165, 1.54) is 0 Å². The molecule has 4 heteroatoms. The molecular formula is C7H7ClN2O. The summed E-state index contributed by atoms with van der Waals surface area (Å²) < 4.78 is 5.06. The fourth-order valence-corrected chi connectivity index (χ4v) is 0.626. The van der Waals surface area contributed by atoms with Crippen LogP contribution in [-0.2, 0) is 0 Å². The van der Waals surface area contributed by atoms with Crippen molar-refractivity contribution in [3.63, 3.8) is 0 Å². The number of hydrogen-bond acceptors (Lipinski definition) is 3. The smallest absolute Gasteiger partial charge is 0.233 e. The van der Waals surface area contributed by atoms with Gasteiger partial charge in [-0.15, -0.1) is 10.2 Å². The Hall–Kier alpha value is -1.09. The van der Waals surface area contributed by atoms with E-state index in [9.17, 15) is 0 Å². The number of halogens is 1. The average Bonchev–Trinajstić information content (AvgIpc) is 2.04. The SMILES string of the molecule is C=CCOc1ccc(Cl)nn1. The molecule has 11 heavy (non-hydrogen) atoms. The number of nitrogens with zero attached hydrogens (tertiary/aromatic N) is 2. The minimum Gasteiger partial charge on any atom is -0.472 e. The van der Waals surface area contributed by atoms with Crippen molar-refractivity contribution in [3.05, 3.63) is 29.9 Å². The van der Waals surface area contributed by atoms with Gasteiger partial charge in [-0.05, 0) is 6.07 Å². The van der Waals surface area contributed by atoms with Gasteiger partial charge in [-0.2, -0.15) is 0 Å². The number of rotatable bonds is 3. The van der Waals surface area contributed by atoms with Crippen LogP contribution in [0.4, 0.5) is 0 Å². The van der Waals surface area contributed by atoms with E-state index < -0.39 is 0 Å². The van der Waals surface area contributed by atoms with Crippen molar-refractivity contribution in [2.24, 2.45) is 0 Å². The first-order valence-corrected chi connectivity index (χ1v) is 3.43. The molecule has 58 valence electrons. The van der Waals surface area contributed by atoms with Crippen LogP contribution >= 0.6 is 11.6 Å². The van der Waals surface area contributed by atoms with Crippen LogP contribution in [0.2, 0.25) is 5.15 Å². The summed E-state index contributed by atoms with van der Waals surface area (Å²) >= 11 is 5.50. The molecule has 3 nitrogen and oxygen atoms in total. The molecule has 1 heterocycles. The molecular weight excluding hydrogens is 164 g/mol. The molecule has 0 radical (unpaired) electrons. The van der Waals surface area contributed by atoms with Gasteiger partial charge in [-0.25, -0.2) is 0 Å². The number of hydrogen-bond donors (Lipinski definition) is 0. The number of aromatic nitrogens is 2. The maximum absolute atomic E-state index is 5.50. The second-order valence-electron chi connectivity index (χ2n) is 1.79. The van der Waals surface area contributed by atoms with Crippen molar-refractivity contribution in [2.75, 3.05) is 6.61 Å². The van der Waals surface area contributed by atoms with E-state index in [4.69, 9.17) is 16.3 Å². The lowest BCUT2D eigenvalue weighted by molar-refractivity contribution is 0.344. The van der Waals surface area contributed by atoms with Crippen molar-refractivity contribution >= 4 is 11.6 Å². The van der Waals surface area contributed by atoms with Crippen LogP contribution in [0.25, 0.3) is 0 Å². The highest BCUT2D eigenvalue weighted by Gasteiger charge is 1.93. The van der Waals surface area contributed by atoms with Crippen LogP contribution in [0.1, 0.15) is 0 Å². The third-order valence-electron chi connectivity index (χ3n) is 0.957. The molecule has 0 saturated heterocycles. The Morgan fingerprint density at radius 2 is 2.36 bits per heavy atom. The van der Waals surface area contributed by atoms with Crippen molar-refractivity contribution in [2.45, 2.75) is 0 Å². The molecule has 0 N–H and O–H groups in total. The lowest BCUT2D eigenvalue weighted by atomic mass is 10.6. The van der Waals surface area contributed by atoms with Crippen LogP contribution in [0, 0.1) is 0 Å². The van der Waals surface area contributed by atoms with Crippen LogP contribution in [-0.4, -0.2) is 16.8 Å². The fourth-order valence-electron chi connectivity index (χ4n) is 0.525. The van der Waals surface area contributed by atoms with E-state index in [1.54, 1.807) is 18.2 Å². The molecule has 0 saturated carbocycles. The molecule has 0 atom stereocenters. The van der Waals surface area contributed by atoms with E-state index in [1.807, 2.05) is 0 Å². The summed E-state index contributed by atoms with van der Waals surface area (Å²) in [7, 11) is 0. The molecule has 1 rings (SSSR count). The third-order valence-corrected chi connectivity index (χ3v) is 1.16. The Bertz CT molecular complexity index is 235. The first-order chi connectivity index (χ1) is 5.33. The number of ether oxygens (including phenoxy) is 1. The highest BCUT2D eigenvalue weighted by molar-refractivity contribution is 6.29. The summed E-state index contributed by atoms with van der Waals surface area (Å²) in [6.07, 6.45) is 1.64. The first kappa shape index (κ1) is 8.01. The highest BCUT2D eigenvalue weighted by Crippen LogP contribution is 2.07. The van der Waals surface area contributed by atoms with Crippen molar-refractivity contribution < 1.29 is 4.74 Å². The topological polar surface area (TPSA) is 35.0 Å². The molecule has 0 amide bonds. The zero-order valence-electron chi connectivity index (χ0n) is 5.83. The largest absolute Gasteiger partial charge is 0.472 e. The van der Waals surface area contributed by atoms with Gasteiger partial charge in [-0.1, -0.05) is 24.3 Å². The van der Waals surface area contributed by atoms with Crippen molar-refractivity contribution in [1.29, 1.82) is 0 Å². The summed E-state index contributed by atoms with van der Waals surface area (Å²) in [5.41, 5.74) is 0. The summed E-state index contributed by atoms with van der Waals surface area (Å²) in [5, 5.41) is 7.61. The van der Waals surface area contributed by atoms with Crippen LogP contribution < -0.4 is 4.74 Å². The molecule has 0 bridgehead atoms. The second-order valence-corrected chi connectivity index (χ2v) is 2.18. The molecule has 0 aliphatic carbocycles. The van der Waals surface area contributed by atoms with Crippen molar-refractivity contribution in [3.8, 4) is 5.88 Å². The monoisotopic (exact) mass is 170 g/mol. The summed E-state index contributed by atoms with van der Waals surface area (Å²) in [4.78, 5) is 0. The van der Waals surface area contributed by atoms with Gasteiger partial charge in [-0.3, -0.25) is 0 Å². The predicted octanol–water partition coefficient (Wildman–Crippen LogP) is 1.69. The molecule has 1 aromatic heterocycles. The minimum atomic E-state index is 0.357. The van der Waals surface area contributed by atoms with E-state index in [-0.39, 0.29) is 0 Å². The first-order valence-electron chi connectivity index (χ1n) is 3.06. The second kappa shape index (κ2) is 3.93. The van der Waals surface area contributed by atoms with Crippen LogP contribution in [0.15, 0.2) is 24.8 Å². The van der Waals surface area contributed by atoms with Gasteiger partial charge < -0.3 is 4.74 Å². The van der Waals surface area contributed by atoms with E-state index in [2.05, 4.69) is 16.8 Å². The maximum Gasteiger partial charge on any atom is 0.233 e. The van der Waals surface area contributed by atoms with E-state index in [0.717, 1.165) is 0 Å². The molecule has 1 aromatic rings. The molecule has 0 aliphatic heterocycles. The van der Waals surface area contributed by atoms with Crippen molar-refractivity contribution in [1.82, 2.24) is 10.2 Å². The summed E-state index contributed by atoms with van der Waals surface area (Å²) in [6.45, 7) is 3.92. The molecule has 0 aromatic carbocycles. The third kappa shape index (κ3) is 2.55. The lowest BCUT2D eigenvalue weighted by Crippen LogP contribution is -1.96. The molecule has 0 aliphatic rings. The van der Waals surface area contributed by atoms with Gasteiger partial charge in [0.2, 0.25) is 5.88 Å². The van der Waals surface area contributed by atoms with Gasteiger partial charge >= 0.3 is 0 Å². The van der Waals surface area contributed by atoms with E-state index >= 15 is 0 Å². The Morgan fingerprint density at radius 3 is 2.91 bits per heavy atom. The van der Waals surface area contributed by atoms with Crippen LogP contribution in [0.5, 0.6) is 5.88 Å². The Kier molecular flexibility index (Phi) is 2.86. The van der Waals surface area contributed by atoms with Gasteiger partial charge in [0.25, 0.3) is 0 Å². The Labute approximate surface area is 69.7 Å². The van der Waals surface area contributed by atoms with Gasteiger partial charge in [0.05, 0.1) is 0 Å². The van der Waals surface area contributed by atoms with Crippen LogP contribution in [0.3, 0.4) is 0 Å². The fraction of sp³-hybridized carbons (Fsp3) is 0.143. The standard InChI is InChI=1S/C7H7ClN2O/c1-2-5-11-7-4-3-6(8)9-10-7/h2-4H,1,5H2. The van der Waals surface area contributed by atoms with E-state index in [0.29, 0.717) is 17.6 Å². The summed E-state index contributed by atoms with van der Waals surface area (Å²) in [6, 6.07) is 3.27. The lowest BCUT2D eigenvalue weighted by Gasteiger charge is -1.98. The predicted molar refractivity (Wildman–Crippen MR) is 42.7 cm³/mol. The Balaban J connectivity index is 2.58. The zero-order chi connectivity index (χ0) is 8.10. The molecule has 0 unspecified atom stereocenters. The zero-order valence-corrected chi connectivity index (χ0v) is 6.58. The normalized spacial score (nSPS) is 9.18. The van der Waals surface area contributed by atoms with Gasteiger partial charge in [0.1, 0.15) is 6.61 Å². The minimum absolute atomic E-state index is 0.357. The highest BCUT2D eigenvalue weighted by atomic mass is 35.5.